The minimum absolute atomic E-state index is 0.118. The molecular formula is C22H15N7O3. The Morgan fingerprint density at radius 1 is 1.00 bits per heavy atom. The van der Waals surface area contributed by atoms with E-state index in [4.69, 9.17) is 0 Å². The first-order chi connectivity index (χ1) is 15.6. The fourth-order valence-electron chi connectivity index (χ4n) is 3.46. The molecule has 0 saturated heterocycles. The van der Waals surface area contributed by atoms with Crippen molar-refractivity contribution in [3.05, 3.63) is 101 Å². The highest BCUT2D eigenvalue weighted by Gasteiger charge is 2.21. The molecule has 156 valence electrons. The lowest BCUT2D eigenvalue weighted by Crippen LogP contribution is -2.16. The number of nitro benzene ring substituents is 1. The first-order valence-corrected chi connectivity index (χ1v) is 9.59. The van der Waals surface area contributed by atoms with Crippen molar-refractivity contribution in [2.24, 2.45) is 0 Å². The topological polar surface area (TPSA) is 121 Å². The lowest BCUT2D eigenvalue weighted by atomic mass is 10.1. The van der Waals surface area contributed by atoms with Crippen molar-refractivity contribution < 1.29 is 9.72 Å². The average molecular weight is 425 g/mol. The zero-order valence-corrected chi connectivity index (χ0v) is 16.5. The number of para-hydroxylation sites is 3. The number of hydrogen-bond donors (Lipinski definition) is 1. The molecule has 0 saturated carbocycles. The van der Waals surface area contributed by atoms with E-state index in [0.29, 0.717) is 11.5 Å². The number of amides is 1. The number of nitrogens with one attached hydrogen (secondary N) is 1. The molecule has 0 fully saturated rings. The van der Waals surface area contributed by atoms with Gasteiger partial charge in [0.05, 0.1) is 16.0 Å². The van der Waals surface area contributed by atoms with Gasteiger partial charge in [-0.25, -0.2) is 14.6 Å². The molecule has 10 heteroatoms. The first kappa shape index (κ1) is 19.1. The van der Waals surface area contributed by atoms with Gasteiger partial charge in [0.2, 0.25) is 5.95 Å². The summed E-state index contributed by atoms with van der Waals surface area (Å²) in [5.41, 5.74) is 2.41. The molecule has 0 aliphatic rings. The van der Waals surface area contributed by atoms with Crippen LogP contribution in [0.3, 0.4) is 0 Å². The molecular weight excluding hydrogens is 410 g/mol. The highest BCUT2D eigenvalue weighted by molar-refractivity contribution is 6.05. The molecule has 0 radical (unpaired) electrons. The summed E-state index contributed by atoms with van der Waals surface area (Å²) in [6, 6.07) is 21.2. The van der Waals surface area contributed by atoms with Crippen LogP contribution in [0, 0.1) is 10.1 Å². The van der Waals surface area contributed by atoms with Crippen molar-refractivity contribution in [2.75, 3.05) is 5.32 Å². The quantitative estimate of drug-likeness (QED) is 0.338. The van der Waals surface area contributed by atoms with Gasteiger partial charge in [-0.05, 0) is 36.4 Å². The summed E-state index contributed by atoms with van der Waals surface area (Å²) in [4.78, 5) is 32.4. The number of imidazole rings is 1. The number of carbonyl (C=O) groups is 1. The van der Waals surface area contributed by atoms with E-state index in [1.54, 1.807) is 0 Å². The first-order valence-electron chi connectivity index (χ1n) is 9.59. The number of aromatic nitrogens is 5. The van der Waals surface area contributed by atoms with Crippen LogP contribution in [0.25, 0.3) is 22.4 Å². The van der Waals surface area contributed by atoms with Crippen molar-refractivity contribution in [2.45, 2.75) is 0 Å². The van der Waals surface area contributed by atoms with Crippen LogP contribution >= 0.6 is 0 Å². The molecule has 3 aromatic carbocycles. The van der Waals surface area contributed by atoms with Crippen molar-refractivity contribution in [3.8, 4) is 11.4 Å². The molecule has 0 spiro atoms. The van der Waals surface area contributed by atoms with Gasteiger partial charge in [-0.1, -0.05) is 30.3 Å². The Bertz CT molecular complexity index is 1440. The number of anilines is 1. The number of fused-ring (bicyclic) bond motifs is 1. The number of carbonyl (C=O) groups excluding carboxylic acids is 1. The van der Waals surface area contributed by atoms with Crippen LogP contribution in [0.1, 0.15) is 10.4 Å². The maximum Gasteiger partial charge on any atom is 0.295 e. The van der Waals surface area contributed by atoms with Crippen LogP contribution in [-0.2, 0) is 0 Å². The number of hydrogen-bond acceptors (Lipinski definition) is 6. The number of rotatable bonds is 5. The summed E-state index contributed by atoms with van der Waals surface area (Å²) in [7, 11) is 0. The molecule has 0 bridgehead atoms. The molecule has 0 unspecified atom stereocenters. The molecule has 5 rings (SSSR count). The van der Waals surface area contributed by atoms with E-state index in [9.17, 15) is 14.9 Å². The second-order valence-corrected chi connectivity index (χ2v) is 6.85. The summed E-state index contributed by atoms with van der Waals surface area (Å²) < 4.78 is 3.10. The van der Waals surface area contributed by atoms with Crippen molar-refractivity contribution in [1.82, 2.24) is 24.3 Å². The average Bonchev–Trinajstić information content (AvgIpc) is 3.47. The van der Waals surface area contributed by atoms with Crippen LogP contribution in [0.4, 0.5) is 11.6 Å². The summed E-state index contributed by atoms with van der Waals surface area (Å²) in [5, 5.41) is 18.3. The molecule has 10 nitrogen and oxygen atoms in total. The Morgan fingerprint density at radius 2 is 1.78 bits per heavy atom. The third kappa shape index (κ3) is 3.35. The van der Waals surface area contributed by atoms with Gasteiger partial charge < -0.3 is 0 Å². The van der Waals surface area contributed by atoms with Crippen LogP contribution in [-0.4, -0.2) is 35.1 Å². The van der Waals surface area contributed by atoms with Crippen molar-refractivity contribution in [3.63, 3.8) is 0 Å². The summed E-state index contributed by atoms with van der Waals surface area (Å²) in [5.74, 6) is -0.212. The maximum atomic E-state index is 13.0. The Kier molecular flexibility index (Phi) is 4.64. The largest absolute Gasteiger partial charge is 0.295 e. The molecule has 0 aliphatic carbocycles. The monoisotopic (exact) mass is 425 g/mol. The molecule has 5 aromatic rings. The van der Waals surface area contributed by atoms with E-state index in [0.717, 1.165) is 11.2 Å². The van der Waals surface area contributed by atoms with Gasteiger partial charge in [0.1, 0.15) is 18.3 Å². The van der Waals surface area contributed by atoms with E-state index < -0.39 is 10.8 Å². The molecule has 1 N–H and O–H groups in total. The van der Waals surface area contributed by atoms with Crippen LogP contribution in [0.15, 0.2) is 85.5 Å². The fourth-order valence-corrected chi connectivity index (χ4v) is 3.46. The van der Waals surface area contributed by atoms with Gasteiger partial charge in [0.15, 0.2) is 0 Å². The highest BCUT2D eigenvalue weighted by atomic mass is 16.6. The Hall–Kier alpha value is -4.86. The number of nitrogens with zero attached hydrogens (tertiary/aromatic N) is 6. The van der Waals surface area contributed by atoms with E-state index in [1.165, 1.54) is 35.5 Å². The minimum Gasteiger partial charge on any atom is -0.291 e. The smallest absolute Gasteiger partial charge is 0.291 e. The predicted molar refractivity (Wildman–Crippen MR) is 117 cm³/mol. The summed E-state index contributed by atoms with van der Waals surface area (Å²) >= 11 is 0. The van der Waals surface area contributed by atoms with E-state index in [2.05, 4.69) is 20.4 Å². The third-order valence-electron chi connectivity index (χ3n) is 4.90. The van der Waals surface area contributed by atoms with Crippen LogP contribution in [0.5, 0.6) is 0 Å². The van der Waals surface area contributed by atoms with Gasteiger partial charge >= 0.3 is 0 Å². The standard InChI is InChI=1S/C22H15N7O3/c30-21(15-10-11-19(20(12-15)29(31)32)27-14-23-13-24-27)26-22-25-17-8-4-5-9-18(17)28(22)16-6-2-1-3-7-16/h1-14H,(H,25,26,30). The summed E-state index contributed by atoms with van der Waals surface area (Å²) in [6.07, 6.45) is 2.63. The lowest BCUT2D eigenvalue weighted by molar-refractivity contribution is -0.384. The van der Waals surface area contributed by atoms with Gasteiger partial charge in [-0.3, -0.25) is 24.8 Å². The summed E-state index contributed by atoms with van der Waals surface area (Å²) in [6.45, 7) is 0. The van der Waals surface area contributed by atoms with E-state index in [1.807, 2.05) is 59.2 Å². The second-order valence-electron chi connectivity index (χ2n) is 6.85. The number of benzene rings is 3. The van der Waals surface area contributed by atoms with Gasteiger partial charge in [-0.15, -0.1) is 0 Å². The zero-order chi connectivity index (χ0) is 22.1. The Balaban J connectivity index is 1.55. The molecule has 2 heterocycles. The zero-order valence-electron chi connectivity index (χ0n) is 16.5. The highest BCUT2D eigenvalue weighted by Crippen LogP contribution is 2.27. The van der Waals surface area contributed by atoms with Crippen LogP contribution in [0.2, 0.25) is 0 Å². The van der Waals surface area contributed by atoms with E-state index >= 15 is 0 Å². The van der Waals surface area contributed by atoms with Gasteiger partial charge in [-0.2, -0.15) is 5.10 Å². The molecule has 1 amide bonds. The van der Waals surface area contributed by atoms with Crippen molar-refractivity contribution >= 4 is 28.6 Å². The normalized spacial score (nSPS) is 10.9. The van der Waals surface area contributed by atoms with Gasteiger partial charge in [0, 0.05) is 17.3 Å². The van der Waals surface area contributed by atoms with Crippen molar-refractivity contribution in [1.29, 1.82) is 0 Å². The fraction of sp³-hybridized carbons (Fsp3) is 0. The molecule has 0 atom stereocenters. The third-order valence-corrected chi connectivity index (χ3v) is 4.90. The van der Waals surface area contributed by atoms with E-state index in [-0.39, 0.29) is 16.9 Å². The lowest BCUT2D eigenvalue weighted by Gasteiger charge is -2.10. The minimum atomic E-state index is -0.562. The maximum absolute atomic E-state index is 13.0. The SMILES string of the molecule is O=C(Nc1nc2ccccc2n1-c1ccccc1)c1ccc(-n2cncn2)c([N+](=O)[O-])c1. The second kappa shape index (κ2) is 7.76. The predicted octanol–water partition coefficient (Wildman–Crippen LogP) is 3.77. The molecule has 0 aliphatic heterocycles. The number of nitro groups is 1. The Labute approximate surface area is 180 Å². The Morgan fingerprint density at radius 3 is 2.53 bits per heavy atom. The van der Waals surface area contributed by atoms with Crippen LogP contribution < -0.4 is 5.32 Å². The molecule has 2 aromatic heterocycles. The van der Waals surface area contributed by atoms with Gasteiger partial charge in [0.25, 0.3) is 11.6 Å². The molecule has 32 heavy (non-hydrogen) atoms.